The van der Waals surface area contributed by atoms with Gasteiger partial charge in [-0.2, -0.15) is 0 Å². The number of nitrogens with one attached hydrogen (secondary N) is 2. The van der Waals surface area contributed by atoms with Gasteiger partial charge in [-0.1, -0.05) is 0 Å². The van der Waals surface area contributed by atoms with E-state index in [2.05, 4.69) is 15.5 Å². The van der Waals surface area contributed by atoms with Gasteiger partial charge in [0.15, 0.2) is 0 Å². The van der Waals surface area contributed by atoms with Crippen molar-refractivity contribution >= 4 is 5.91 Å². The summed E-state index contributed by atoms with van der Waals surface area (Å²) in [6.07, 6.45) is 2.18. The molecule has 1 unspecified atom stereocenters. The summed E-state index contributed by atoms with van der Waals surface area (Å²) in [6, 6.07) is 0. The Morgan fingerprint density at radius 1 is 1.50 bits per heavy atom. The summed E-state index contributed by atoms with van der Waals surface area (Å²) >= 11 is 0. The van der Waals surface area contributed by atoms with Gasteiger partial charge < -0.3 is 15.5 Å². The molecule has 0 saturated carbocycles. The van der Waals surface area contributed by atoms with E-state index < -0.39 is 0 Å². The minimum absolute atomic E-state index is 0.194. The summed E-state index contributed by atoms with van der Waals surface area (Å²) in [4.78, 5) is 13.8. The lowest BCUT2D eigenvalue weighted by atomic mass is 9.97. The highest BCUT2D eigenvalue weighted by Gasteiger charge is 2.24. The molecule has 4 heteroatoms. The zero-order valence-electron chi connectivity index (χ0n) is 9.18. The lowest BCUT2D eigenvalue weighted by molar-refractivity contribution is -0.126. The molecule has 1 atom stereocenters. The normalized spacial score (nSPS) is 23.4. The second-order valence-electron chi connectivity index (χ2n) is 3.86. The van der Waals surface area contributed by atoms with Gasteiger partial charge in [-0.25, -0.2) is 0 Å². The van der Waals surface area contributed by atoms with Gasteiger partial charge in [0.05, 0.1) is 5.92 Å². The molecule has 0 aliphatic carbocycles. The van der Waals surface area contributed by atoms with E-state index in [9.17, 15) is 4.79 Å². The standard InChI is InChI=1S/C10H21N3O/c1-11-5-7-13-6-3-4-9(8-13)10(14)12-2/h9,11H,3-8H2,1-2H3,(H,12,14). The van der Waals surface area contributed by atoms with E-state index in [-0.39, 0.29) is 11.8 Å². The van der Waals surface area contributed by atoms with E-state index in [1.54, 1.807) is 7.05 Å². The van der Waals surface area contributed by atoms with E-state index in [0.717, 1.165) is 39.0 Å². The molecular weight excluding hydrogens is 178 g/mol. The number of carbonyl (C=O) groups is 1. The van der Waals surface area contributed by atoms with Crippen molar-refractivity contribution in [1.29, 1.82) is 0 Å². The lowest BCUT2D eigenvalue weighted by Gasteiger charge is -2.31. The highest BCUT2D eigenvalue weighted by molar-refractivity contribution is 5.78. The number of hydrogen-bond acceptors (Lipinski definition) is 3. The van der Waals surface area contributed by atoms with Crippen LogP contribution in [0.4, 0.5) is 0 Å². The summed E-state index contributed by atoms with van der Waals surface area (Å²) in [5.74, 6) is 0.393. The van der Waals surface area contributed by atoms with Crippen LogP contribution in [-0.2, 0) is 4.79 Å². The Labute approximate surface area is 86.0 Å². The van der Waals surface area contributed by atoms with Crippen molar-refractivity contribution in [3.63, 3.8) is 0 Å². The van der Waals surface area contributed by atoms with Crippen molar-refractivity contribution in [2.45, 2.75) is 12.8 Å². The molecule has 1 amide bonds. The fraction of sp³-hybridized carbons (Fsp3) is 0.900. The van der Waals surface area contributed by atoms with Crippen molar-refractivity contribution in [3.05, 3.63) is 0 Å². The number of rotatable bonds is 4. The molecule has 0 bridgehead atoms. The third kappa shape index (κ3) is 3.27. The number of hydrogen-bond donors (Lipinski definition) is 2. The average Bonchev–Trinajstić information content (AvgIpc) is 2.25. The van der Waals surface area contributed by atoms with Crippen LogP contribution in [0.25, 0.3) is 0 Å². The summed E-state index contributed by atoms with van der Waals surface area (Å²) in [7, 11) is 3.68. The van der Waals surface area contributed by atoms with Crippen LogP contribution in [0.15, 0.2) is 0 Å². The van der Waals surface area contributed by atoms with E-state index >= 15 is 0 Å². The van der Waals surface area contributed by atoms with Crippen LogP contribution in [0.1, 0.15) is 12.8 Å². The largest absolute Gasteiger partial charge is 0.359 e. The molecule has 4 nitrogen and oxygen atoms in total. The monoisotopic (exact) mass is 199 g/mol. The summed E-state index contributed by atoms with van der Waals surface area (Å²) in [5.41, 5.74) is 0. The maximum Gasteiger partial charge on any atom is 0.224 e. The fourth-order valence-corrected chi connectivity index (χ4v) is 1.95. The molecule has 1 aliphatic rings. The molecule has 1 saturated heterocycles. The lowest BCUT2D eigenvalue weighted by Crippen LogP contribution is -2.44. The quantitative estimate of drug-likeness (QED) is 0.651. The molecular formula is C10H21N3O. The number of likely N-dealkylation sites (tertiary alicyclic amines) is 1. The van der Waals surface area contributed by atoms with Gasteiger partial charge in [-0.3, -0.25) is 4.79 Å². The van der Waals surface area contributed by atoms with Crippen LogP contribution in [0.3, 0.4) is 0 Å². The molecule has 0 aromatic carbocycles. The third-order valence-corrected chi connectivity index (χ3v) is 2.80. The molecule has 0 aromatic heterocycles. The minimum Gasteiger partial charge on any atom is -0.359 e. The highest BCUT2D eigenvalue weighted by Crippen LogP contribution is 2.15. The Morgan fingerprint density at radius 2 is 2.29 bits per heavy atom. The predicted octanol–water partition coefficient (Wildman–Crippen LogP) is -0.336. The van der Waals surface area contributed by atoms with E-state index in [1.807, 2.05) is 7.05 Å². The first-order valence-corrected chi connectivity index (χ1v) is 5.36. The van der Waals surface area contributed by atoms with Crippen LogP contribution in [0.5, 0.6) is 0 Å². The average molecular weight is 199 g/mol. The summed E-state index contributed by atoms with van der Waals surface area (Å²) < 4.78 is 0. The SMILES string of the molecule is CNCCN1CCCC(C(=O)NC)C1. The second-order valence-corrected chi connectivity index (χ2v) is 3.86. The van der Waals surface area contributed by atoms with Gasteiger partial charge in [0.1, 0.15) is 0 Å². The molecule has 0 aromatic rings. The smallest absolute Gasteiger partial charge is 0.224 e. The number of nitrogens with zero attached hydrogens (tertiary/aromatic N) is 1. The zero-order valence-corrected chi connectivity index (χ0v) is 9.18. The number of carbonyl (C=O) groups excluding carboxylic acids is 1. The van der Waals surface area contributed by atoms with Crippen molar-refractivity contribution in [3.8, 4) is 0 Å². The first-order chi connectivity index (χ1) is 6.77. The summed E-state index contributed by atoms with van der Waals surface area (Å²) in [6.45, 7) is 4.10. The van der Waals surface area contributed by atoms with E-state index in [4.69, 9.17) is 0 Å². The molecule has 2 N–H and O–H groups in total. The van der Waals surface area contributed by atoms with Gasteiger partial charge in [0.25, 0.3) is 0 Å². The van der Waals surface area contributed by atoms with Crippen molar-refractivity contribution in [2.75, 3.05) is 40.3 Å². The van der Waals surface area contributed by atoms with Gasteiger partial charge in [0, 0.05) is 26.7 Å². The Bertz CT molecular complexity index is 184. The van der Waals surface area contributed by atoms with Gasteiger partial charge >= 0.3 is 0 Å². The molecule has 1 heterocycles. The van der Waals surface area contributed by atoms with Crippen LogP contribution in [-0.4, -0.2) is 51.1 Å². The maximum absolute atomic E-state index is 11.4. The first-order valence-electron chi connectivity index (χ1n) is 5.36. The predicted molar refractivity (Wildman–Crippen MR) is 57.2 cm³/mol. The minimum atomic E-state index is 0.194. The highest BCUT2D eigenvalue weighted by atomic mass is 16.1. The fourth-order valence-electron chi connectivity index (χ4n) is 1.95. The molecule has 0 radical (unpaired) electrons. The third-order valence-electron chi connectivity index (χ3n) is 2.80. The Balaban J connectivity index is 2.31. The van der Waals surface area contributed by atoms with E-state index in [1.165, 1.54) is 0 Å². The van der Waals surface area contributed by atoms with Crippen molar-refractivity contribution in [1.82, 2.24) is 15.5 Å². The Kier molecular flexibility index (Phi) is 4.90. The first kappa shape index (κ1) is 11.5. The molecule has 1 fully saturated rings. The van der Waals surface area contributed by atoms with Crippen molar-refractivity contribution < 1.29 is 4.79 Å². The van der Waals surface area contributed by atoms with E-state index in [0.29, 0.717) is 0 Å². The van der Waals surface area contributed by atoms with Gasteiger partial charge in [-0.15, -0.1) is 0 Å². The zero-order chi connectivity index (χ0) is 10.4. The molecule has 0 spiro atoms. The van der Waals surface area contributed by atoms with Crippen molar-refractivity contribution in [2.24, 2.45) is 5.92 Å². The Morgan fingerprint density at radius 3 is 2.93 bits per heavy atom. The van der Waals surface area contributed by atoms with Crippen LogP contribution in [0, 0.1) is 5.92 Å². The molecule has 1 aliphatic heterocycles. The second kappa shape index (κ2) is 5.98. The molecule has 14 heavy (non-hydrogen) atoms. The number of amides is 1. The molecule has 82 valence electrons. The van der Waals surface area contributed by atoms with Gasteiger partial charge in [0.2, 0.25) is 5.91 Å². The number of likely N-dealkylation sites (N-methyl/N-ethyl adjacent to an activating group) is 1. The molecule has 1 rings (SSSR count). The number of piperidine rings is 1. The van der Waals surface area contributed by atoms with Crippen LogP contribution >= 0.6 is 0 Å². The Hall–Kier alpha value is -0.610. The van der Waals surface area contributed by atoms with Crippen LogP contribution < -0.4 is 10.6 Å². The topological polar surface area (TPSA) is 44.4 Å². The van der Waals surface area contributed by atoms with Crippen LogP contribution in [0.2, 0.25) is 0 Å². The summed E-state index contributed by atoms with van der Waals surface area (Å²) in [5, 5.41) is 5.86. The maximum atomic E-state index is 11.4. The van der Waals surface area contributed by atoms with Gasteiger partial charge in [-0.05, 0) is 26.4 Å².